The predicted molar refractivity (Wildman–Crippen MR) is 117 cm³/mol. The Morgan fingerprint density at radius 3 is 2.28 bits per heavy atom. The van der Waals surface area contributed by atoms with Gasteiger partial charge in [-0.2, -0.15) is 9.78 Å². The lowest BCUT2D eigenvalue weighted by Gasteiger charge is -2.10. The number of carbonyl (C=O) groups is 2. The van der Waals surface area contributed by atoms with Crippen molar-refractivity contribution in [3.05, 3.63) is 58.5 Å². The molecule has 0 atom stereocenters. The maximum absolute atomic E-state index is 12.4. The van der Waals surface area contributed by atoms with Gasteiger partial charge in [0, 0.05) is 23.7 Å². The summed E-state index contributed by atoms with van der Waals surface area (Å²) in [6, 6.07) is 7.62. The van der Waals surface area contributed by atoms with Crippen molar-refractivity contribution in [2.45, 2.75) is 32.6 Å². The summed E-state index contributed by atoms with van der Waals surface area (Å²) in [5.41, 5.74) is 2.74. The van der Waals surface area contributed by atoms with Crippen LogP contribution in [-0.4, -0.2) is 52.9 Å². The Balaban J connectivity index is 1.73. The maximum atomic E-state index is 12.4. The normalized spacial score (nSPS) is 11.3. The Labute approximate surface area is 185 Å². The third-order valence-electron chi connectivity index (χ3n) is 4.45. The summed E-state index contributed by atoms with van der Waals surface area (Å²) in [5, 5.41) is 6.95. The van der Waals surface area contributed by atoms with Crippen molar-refractivity contribution >= 4 is 27.5 Å². The SMILES string of the molecule is Cc1cc(C)nc(-n2nc(C)cc2NC(=O)COC(=O)c2cc(S(C)(=O)=O)ccc2C)n1. The molecule has 10 nitrogen and oxygen atoms in total. The van der Waals surface area contributed by atoms with Gasteiger partial charge in [-0.15, -0.1) is 0 Å². The van der Waals surface area contributed by atoms with Gasteiger partial charge in [-0.1, -0.05) is 6.07 Å². The summed E-state index contributed by atoms with van der Waals surface area (Å²) in [6.45, 7) is 6.49. The van der Waals surface area contributed by atoms with Gasteiger partial charge in [0.05, 0.1) is 16.2 Å². The molecular formula is C21H23N5O5S. The van der Waals surface area contributed by atoms with Crippen molar-refractivity contribution < 1.29 is 22.7 Å². The van der Waals surface area contributed by atoms with E-state index in [0.29, 0.717) is 23.0 Å². The van der Waals surface area contributed by atoms with Crippen LogP contribution in [0.1, 0.15) is 33.0 Å². The molecule has 168 valence electrons. The fourth-order valence-electron chi connectivity index (χ4n) is 2.98. The number of hydrogen-bond acceptors (Lipinski definition) is 8. The van der Waals surface area contributed by atoms with Crippen molar-refractivity contribution in [1.82, 2.24) is 19.7 Å². The van der Waals surface area contributed by atoms with E-state index in [1.54, 1.807) is 19.9 Å². The van der Waals surface area contributed by atoms with Gasteiger partial charge in [0.2, 0.25) is 0 Å². The summed E-state index contributed by atoms with van der Waals surface area (Å²) >= 11 is 0. The van der Waals surface area contributed by atoms with E-state index in [0.717, 1.165) is 17.6 Å². The number of nitrogens with one attached hydrogen (secondary N) is 1. The molecule has 1 amide bonds. The highest BCUT2D eigenvalue weighted by Crippen LogP contribution is 2.18. The molecule has 0 unspecified atom stereocenters. The number of hydrogen-bond donors (Lipinski definition) is 1. The van der Waals surface area contributed by atoms with Gasteiger partial charge in [-0.3, -0.25) is 4.79 Å². The highest BCUT2D eigenvalue weighted by molar-refractivity contribution is 7.90. The van der Waals surface area contributed by atoms with Crippen LogP contribution in [-0.2, 0) is 19.4 Å². The molecule has 2 heterocycles. The quantitative estimate of drug-likeness (QED) is 0.556. The van der Waals surface area contributed by atoms with Crippen LogP contribution < -0.4 is 5.32 Å². The molecule has 0 aliphatic heterocycles. The number of ether oxygens (including phenoxy) is 1. The van der Waals surface area contributed by atoms with Crippen molar-refractivity contribution in [2.24, 2.45) is 0 Å². The minimum absolute atomic E-state index is 0.00711. The maximum Gasteiger partial charge on any atom is 0.338 e. The Morgan fingerprint density at radius 1 is 1.00 bits per heavy atom. The van der Waals surface area contributed by atoms with Crippen molar-refractivity contribution in [2.75, 3.05) is 18.2 Å². The van der Waals surface area contributed by atoms with Crippen molar-refractivity contribution in [3.8, 4) is 5.95 Å². The van der Waals surface area contributed by atoms with Crippen molar-refractivity contribution in [3.63, 3.8) is 0 Å². The summed E-state index contributed by atoms with van der Waals surface area (Å²) in [7, 11) is -3.49. The molecule has 2 aromatic heterocycles. The van der Waals surface area contributed by atoms with E-state index >= 15 is 0 Å². The average Bonchev–Trinajstić information content (AvgIpc) is 3.05. The van der Waals surface area contributed by atoms with Crippen LogP contribution in [0.3, 0.4) is 0 Å². The molecule has 0 saturated carbocycles. The number of carbonyl (C=O) groups excluding carboxylic acids is 2. The number of anilines is 1. The van der Waals surface area contributed by atoms with E-state index in [-0.39, 0.29) is 10.5 Å². The first-order valence-electron chi connectivity index (χ1n) is 9.61. The van der Waals surface area contributed by atoms with Gasteiger partial charge in [-0.05, 0) is 51.5 Å². The van der Waals surface area contributed by atoms with Crippen molar-refractivity contribution in [1.29, 1.82) is 0 Å². The molecule has 3 aromatic rings. The summed E-state index contributed by atoms with van der Waals surface area (Å²) in [4.78, 5) is 33.5. The van der Waals surface area contributed by atoms with Gasteiger partial charge in [0.1, 0.15) is 5.82 Å². The van der Waals surface area contributed by atoms with Crippen LogP contribution >= 0.6 is 0 Å². The first kappa shape index (κ1) is 23.1. The minimum Gasteiger partial charge on any atom is -0.452 e. The zero-order valence-corrected chi connectivity index (χ0v) is 19.1. The molecule has 0 aliphatic carbocycles. The molecule has 11 heteroatoms. The standard InChI is InChI=1S/C21H23N5O5S/c1-12-6-7-16(32(5,29)30)10-17(12)20(28)31-11-19(27)24-18-9-15(4)25-26(18)21-22-13(2)8-14(3)23-21/h6-10H,11H2,1-5H3,(H,24,27). The predicted octanol–water partition coefficient (Wildman–Crippen LogP) is 2.09. The average molecular weight is 458 g/mol. The van der Waals surface area contributed by atoms with Gasteiger partial charge < -0.3 is 10.1 Å². The number of aryl methyl sites for hydroxylation is 4. The lowest BCUT2D eigenvalue weighted by Crippen LogP contribution is -2.23. The number of sulfone groups is 1. The molecule has 0 bridgehead atoms. The molecule has 0 fully saturated rings. The second kappa shape index (κ2) is 8.87. The lowest BCUT2D eigenvalue weighted by molar-refractivity contribution is -0.119. The summed E-state index contributed by atoms with van der Waals surface area (Å²) < 4.78 is 30.0. The fraction of sp³-hybridized carbons (Fsp3) is 0.286. The lowest BCUT2D eigenvalue weighted by atomic mass is 10.1. The highest BCUT2D eigenvalue weighted by Gasteiger charge is 2.18. The smallest absolute Gasteiger partial charge is 0.338 e. The first-order valence-corrected chi connectivity index (χ1v) is 11.5. The van der Waals surface area contributed by atoms with E-state index in [1.165, 1.54) is 22.9 Å². The van der Waals surface area contributed by atoms with Gasteiger partial charge >= 0.3 is 5.97 Å². The Kier molecular flexibility index (Phi) is 6.40. The van der Waals surface area contributed by atoms with Crippen LogP contribution in [0, 0.1) is 27.7 Å². The van der Waals surface area contributed by atoms with E-state index in [2.05, 4.69) is 20.4 Å². The molecule has 1 aromatic carbocycles. The minimum atomic E-state index is -3.49. The number of amides is 1. The molecule has 0 saturated heterocycles. The van der Waals surface area contributed by atoms with Gasteiger partial charge in [0.25, 0.3) is 11.9 Å². The number of aromatic nitrogens is 4. The second-order valence-electron chi connectivity index (χ2n) is 7.41. The van der Waals surface area contributed by atoms with Gasteiger partial charge in [0.15, 0.2) is 16.4 Å². The molecule has 0 radical (unpaired) electrons. The Morgan fingerprint density at radius 2 is 1.66 bits per heavy atom. The van der Waals surface area contributed by atoms with Crippen LogP contribution in [0.25, 0.3) is 5.95 Å². The molecule has 32 heavy (non-hydrogen) atoms. The van der Waals surface area contributed by atoms with Gasteiger partial charge in [-0.25, -0.2) is 23.2 Å². The van der Waals surface area contributed by atoms with Crippen LogP contribution in [0.5, 0.6) is 0 Å². The molecule has 3 rings (SSSR count). The largest absolute Gasteiger partial charge is 0.452 e. The monoisotopic (exact) mass is 457 g/mol. The van der Waals surface area contributed by atoms with Crippen LogP contribution in [0.4, 0.5) is 5.82 Å². The molecule has 1 N–H and O–H groups in total. The second-order valence-corrected chi connectivity index (χ2v) is 9.42. The van der Waals surface area contributed by atoms with E-state index in [4.69, 9.17) is 4.74 Å². The zero-order valence-electron chi connectivity index (χ0n) is 18.3. The highest BCUT2D eigenvalue weighted by atomic mass is 32.2. The topological polar surface area (TPSA) is 133 Å². The Hall–Kier alpha value is -3.60. The number of esters is 1. The third-order valence-corrected chi connectivity index (χ3v) is 5.56. The molecule has 0 aliphatic rings. The fourth-order valence-corrected chi connectivity index (χ4v) is 3.63. The van der Waals surface area contributed by atoms with E-state index in [9.17, 15) is 18.0 Å². The van der Waals surface area contributed by atoms with Crippen LogP contribution in [0.15, 0.2) is 35.2 Å². The van der Waals surface area contributed by atoms with E-state index in [1.807, 2.05) is 19.9 Å². The summed E-state index contributed by atoms with van der Waals surface area (Å²) in [5.74, 6) is -0.772. The molecule has 0 spiro atoms. The van der Waals surface area contributed by atoms with Crippen LogP contribution in [0.2, 0.25) is 0 Å². The number of rotatable bonds is 6. The Bertz CT molecular complexity index is 1290. The molecular weight excluding hydrogens is 434 g/mol. The number of nitrogens with zero attached hydrogens (tertiary/aromatic N) is 4. The van der Waals surface area contributed by atoms with E-state index < -0.39 is 28.3 Å². The zero-order chi connectivity index (χ0) is 23.6. The number of benzene rings is 1. The summed E-state index contributed by atoms with van der Waals surface area (Å²) in [6.07, 6.45) is 1.05. The first-order chi connectivity index (χ1) is 14.9. The third kappa shape index (κ3) is 5.35.